The van der Waals surface area contributed by atoms with Crippen molar-refractivity contribution in [3.63, 3.8) is 0 Å². The maximum Gasteiger partial charge on any atom is 0.293 e. The van der Waals surface area contributed by atoms with Crippen molar-refractivity contribution in [1.82, 2.24) is 5.32 Å². The minimum absolute atomic E-state index is 0.0265. The van der Waals surface area contributed by atoms with Gasteiger partial charge in [-0.15, -0.1) is 0 Å². The minimum atomic E-state index is -0.384. The van der Waals surface area contributed by atoms with E-state index >= 15 is 0 Å². The van der Waals surface area contributed by atoms with Crippen LogP contribution in [0.25, 0.3) is 0 Å². The summed E-state index contributed by atoms with van der Waals surface area (Å²) < 4.78 is 0. The highest BCUT2D eigenvalue weighted by Gasteiger charge is 2.26. The first-order chi connectivity index (χ1) is 11.0. The molecular weight excluding hydrogens is 294 g/mol. The highest BCUT2D eigenvalue weighted by molar-refractivity contribution is 5.95. The predicted octanol–water partition coefficient (Wildman–Crippen LogP) is 2.97. The first-order valence-electron chi connectivity index (χ1n) is 8.36. The van der Waals surface area contributed by atoms with Crippen molar-refractivity contribution in [3.8, 4) is 0 Å². The van der Waals surface area contributed by atoms with Crippen LogP contribution in [0, 0.1) is 22.0 Å². The van der Waals surface area contributed by atoms with Crippen LogP contribution in [0.5, 0.6) is 0 Å². The SMILES string of the molecule is CC1CCN(c2ccc(C(=O)NCC3CC3)cc2[N+](=O)[O-])CC1. The summed E-state index contributed by atoms with van der Waals surface area (Å²) in [6, 6.07) is 4.83. The van der Waals surface area contributed by atoms with Gasteiger partial charge in [0.25, 0.3) is 11.6 Å². The first kappa shape index (κ1) is 15.8. The summed E-state index contributed by atoms with van der Waals surface area (Å²) in [6.45, 7) is 4.53. The molecule has 124 valence electrons. The highest BCUT2D eigenvalue weighted by Crippen LogP contribution is 2.32. The molecule has 1 N–H and O–H groups in total. The van der Waals surface area contributed by atoms with Crippen LogP contribution >= 0.6 is 0 Å². The summed E-state index contributed by atoms with van der Waals surface area (Å²) >= 11 is 0. The van der Waals surface area contributed by atoms with Gasteiger partial charge >= 0.3 is 0 Å². The number of nitrogens with zero attached hydrogens (tertiary/aromatic N) is 2. The summed E-state index contributed by atoms with van der Waals surface area (Å²) in [5, 5.41) is 14.3. The molecule has 0 spiro atoms. The lowest BCUT2D eigenvalue weighted by atomic mass is 9.98. The Morgan fingerprint density at radius 2 is 2.00 bits per heavy atom. The fraction of sp³-hybridized carbons (Fsp3) is 0.588. The molecule has 1 amide bonds. The van der Waals surface area contributed by atoms with E-state index in [1.54, 1.807) is 12.1 Å². The van der Waals surface area contributed by atoms with Gasteiger partial charge < -0.3 is 10.2 Å². The molecule has 1 aliphatic carbocycles. The zero-order valence-corrected chi connectivity index (χ0v) is 13.5. The zero-order chi connectivity index (χ0) is 16.4. The number of hydrogen-bond donors (Lipinski definition) is 1. The predicted molar refractivity (Wildman–Crippen MR) is 88.8 cm³/mol. The van der Waals surface area contributed by atoms with Gasteiger partial charge in [-0.1, -0.05) is 6.92 Å². The number of benzene rings is 1. The number of nitro groups is 1. The average Bonchev–Trinajstić information content (AvgIpc) is 3.37. The lowest BCUT2D eigenvalue weighted by Crippen LogP contribution is -2.33. The number of anilines is 1. The molecule has 1 aromatic carbocycles. The third-order valence-electron chi connectivity index (χ3n) is 4.81. The molecule has 1 aromatic rings. The van der Waals surface area contributed by atoms with Gasteiger partial charge in [0, 0.05) is 31.3 Å². The van der Waals surface area contributed by atoms with Crippen LogP contribution in [0.3, 0.4) is 0 Å². The second-order valence-corrected chi connectivity index (χ2v) is 6.78. The van der Waals surface area contributed by atoms with Crippen LogP contribution in [0.2, 0.25) is 0 Å². The van der Waals surface area contributed by atoms with E-state index in [1.165, 1.54) is 6.07 Å². The van der Waals surface area contributed by atoms with Gasteiger partial charge in [-0.2, -0.15) is 0 Å². The number of rotatable bonds is 5. The first-order valence-corrected chi connectivity index (χ1v) is 8.36. The topological polar surface area (TPSA) is 75.5 Å². The lowest BCUT2D eigenvalue weighted by Gasteiger charge is -2.31. The standard InChI is InChI=1S/C17H23N3O3/c1-12-6-8-19(9-7-12)15-5-4-14(10-16(15)20(22)23)17(21)18-11-13-2-3-13/h4-5,10,12-13H,2-3,6-9,11H2,1H3,(H,18,21). The molecule has 6 nitrogen and oxygen atoms in total. The molecule has 0 atom stereocenters. The Balaban J connectivity index is 1.77. The maximum atomic E-state index is 12.1. The van der Waals surface area contributed by atoms with Crippen molar-refractivity contribution in [2.24, 2.45) is 11.8 Å². The van der Waals surface area contributed by atoms with Crippen molar-refractivity contribution >= 4 is 17.3 Å². The number of carbonyl (C=O) groups is 1. The van der Waals surface area contributed by atoms with Gasteiger partial charge in [0.1, 0.15) is 5.69 Å². The molecule has 0 radical (unpaired) electrons. The van der Waals surface area contributed by atoms with Crippen LogP contribution in [0.15, 0.2) is 18.2 Å². The van der Waals surface area contributed by atoms with Crippen LogP contribution in [0.1, 0.15) is 43.0 Å². The third-order valence-corrected chi connectivity index (χ3v) is 4.81. The Morgan fingerprint density at radius 1 is 1.30 bits per heavy atom. The van der Waals surface area contributed by atoms with E-state index in [0.717, 1.165) is 38.8 Å². The minimum Gasteiger partial charge on any atom is -0.366 e. The average molecular weight is 317 g/mol. The Hall–Kier alpha value is -2.11. The van der Waals surface area contributed by atoms with Crippen molar-refractivity contribution in [3.05, 3.63) is 33.9 Å². The normalized spacial score (nSPS) is 18.7. The molecule has 0 bridgehead atoms. The van der Waals surface area contributed by atoms with E-state index < -0.39 is 0 Å². The van der Waals surface area contributed by atoms with Crippen LogP contribution in [-0.2, 0) is 0 Å². The Morgan fingerprint density at radius 3 is 2.61 bits per heavy atom. The largest absolute Gasteiger partial charge is 0.366 e. The molecule has 23 heavy (non-hydrogen) atoms. The molecular formula is C17H23N3O3. The highest BCUT2D eigenvalue weighted by atomic mass is 16.6. The molecule has 0 aromatic heterocycles. The van der Waals surface area contributed by atoms with Gasteiger partial charge in [0.2, 0.25) is 0 Å². The third kappa shape index (κ3) is 3.81. The molecule has 3 rings (SSSR count). The Labute approximate surface area is 136 Å². The number of nitrogens with one attached hydrogen (secondary N) is 1. The number of nitro benzene ring substituents is 1. The number of carbonyl (C=O) groups excluding carboxylic acids is 1. The monoisotopic (exact) mass is 317 g/mol. The van der Waals surface area contributed by atoms with E-state index in [1.807, 2.05) is 0 Å². The smallest absolute Gasteiger partial charge is 0.293 e. The van der Waals surface area contributed by atoms with Gasteiger partial charge in [-0.25, -0.2) is 0 Å². The molecule has 1 saturated carbocycles. The van der Waals surface area contributed by atoms with Gasteiger partial charge in [-0.05, 0) is 49.7 Å². The maximum absolute atomic E-state index is 12.1. The van der Waals surface area contributed by atoms with E-state index in [9.17, 15) is 14.9 Å². The van der Waals surface area contributed by atoms with E-state index in [0.29, 0.717) is 29.6 Å². The molecule has 1 aliphatic heterocycles. The second-order valence-electron chi connectivity index (χ2n) is 6.78. The van der Waals surface area contributed by atoms with Crippen molar-refractivity contribution in [2.75, 3.05) is 24.5 Å². The summed E-state index contributed by atoms with van der Waals surface area (Å²) in [5.74, 6) is 1.03. The fourth-order valence-electron chi connectivity index (χ4n) is 2.99. The van der Waals surface area contributed by atoms with Crippen molar-refractivity contribution in [2.45, 2.75) is 32.6 Å². The fourth-order valence-corrected chi connectivity index (χ4v) is 2.99. The summed E-state index contributed by atoms with van der Waals surface area (Å²) in [7, 11) is 0. The van der Waals surface area contributed by atoms with E-state index in [2.05, 4.69) is 17.1 Å². The van der Waals surface area contributed by atoms with E-state index in [4.69, 9.17) is 0 Å². The Kier molecular flexibility index (Phi) is 4.50. The summed E-state index contributed by atoms with van der Waals surface area (Å²) in [6.07, 6.45) is 4.40. The number of amides is 1. The molecule has 6 heteroatoms. The van der Waals surface area contributed by atoms with Crippen LogP contribution in [-0.4, -0.2) is 30.5 Å². The van der Waals surface area contributed by atoms with Crippen LogP contribution in [0.4, 0.5) is 11.4 Å². The summed E-state index contributed by atoms with van der Waals surface area (Å²) in [5.41, 5.74) is 1.02. The van der Waals surface area contributed by atoms with Gasteiger partial charge in [-0.3, -0.25) is 14.9 Å². The second kappa shape index (κ2) is 6.56. The van der Waals surface area contributed by atoms with Crippen LogP contribution < -0.4 is 10.2 Å². The lowest BCUT2D eigenvalue weighted by molar-refractivity contribution is -0.384. The Bertz CT molecular complexity index is 605. The number of piperidine rings is 1. The molecule has 1 heterocycles. The quantitative estimate of drug-likeness (QED) is 0.669. The molecule has 2 aliphatic rings. The van der Waals surface area contributed by atoms with Crippen molar-refractivity contribution in [1.29, 1.82) is 0 Å². The van der Waals surface area contributed by atoms with Gasteiger partial charge in [0.15, 0.2) is 0 Å². The molecule has 0 unspecified atom stereocenters. The summed E-state index contributed by atoms with van der Waals surface area (Å²) in [4.78, 5) is 25.2. The number of hydrogen-bond acceptors (Lipinski definition) is 4. The molecule has 2 fully saturated rings. The van der Waals surface area contributed by atoms with Crippen molar-refractivity contribution < 1.29 is 9.72 Å². The van der Waals surface area contributed by atoms with Gasteiger partial charge in [0.05, 0.1) is 4.92 Å². The molecule has 1 saturated heterocycles. The zero-order valence-electron chi connectivity index (χ0n) is 13.5. The van der Waals surface area contributed by atoms with E-state index in [-0.39, 0.29) is 16.5 Å².